The van der Waals surface area contributed by atoms with Gasteiger partial charge in [-0.05, 0) is 48.8 Å². The number of thiophene rings is 1. The van der Waals surface area contributed by atoms with Crippen molar-refractivity contribution in [3.05, 3.63) is 46.3 Å². The first kappa shape index (κ1) is 20.0. The first-order valence-corrected chi connectivity index (χ1v) is 9.30. The Morgan fingerprint density at radius 3 is 2.80 bits per heavy atom. The molecule has 1 aliphatic carbocycles. The van der Waals surface area contributed by atoms with Gasteiger partial charge < -0.3 is 15.4 Å². The summed E-state index contributed by atoms with van der Waals surface area (Å²) in [6.45, 7) is 1.47. The fraction of sp³-hybridized carbons (Fsp3) is 0.444. The van der Waals surface area contributed by atoms with Gasteiger partial charge in [0, 0.05) is 30.7 Å². The number of hydrogen-bond donors (Lipinski definition) is 2. The summed E-state index contributed by atoms with van der Waals surface area (Å²) < 4.78 is 5.96. The highest BCUT2D eigenvalue weighted by molar-refractivity contribution is 14.0. The molecule has 0 saturated heterocycles. The number of pyridine rings is 1. The van der Waals surface area contributed by atoms with Gasteiger partial charge in [-0.1, -0.05) is 6.07 Å². The van der Waals surface area contributed by atoms with Crippen LogP contribution in [-0.2, 0) is 13.1 Å². The minimum atomic E-state index is 0. The van der Waals surface area contributed by atoms with Crippen LogP contribution in [0.1, 0.15) is 36.1 Å². The van der Waals surface area contributed by atoms with Crippen molar-refractivity contribution in [3.8, 4) is 5.88 Å². The molecule has 0 unspecified atom stereocenters. The number of rotatable bonds is 6. The summed E-state index contributed by atoms with van der Waals surface area (Å²) in [6.07, 6.45) is 6.95. The van der Waals surface area contributed by atoms with E-state index in [1.54, 1.807) is 18.4 Å². The quantitative estimate of drug-likeness (QED) is 0.380. The zero-order valence-corrected chi connectivity index (χ0v) is 17.6. The Morgan fingerprint density at radius 2 is 2.08 bits per heavy atom. The molecule has 1 saturated carbocycles. The van der Waals surface area contributed by atoms with E-state index in [1.165, 1.54) is 17.7 Å². The molecule has 0 aliphatic heterocycles. The van der Waals surface area contributed by atoms with E-state index >= 15 is 0 Å². The van der Waals surface area contributed by atoms with Crippen LogP contribution >= 0.6 is 35.3 Å². The third kappa shape index (κ3) is 6.47. The van der Waals surface area contributed by atoms with E-state index in [2.05, 4.69) is 38.1 Å². The molecule has 0 aromatic carbocycles. The van der Waals surface area contributed by atoms with E-state index in [-0.39, 0.29) is 24.0 Å². The molecule has 2 aromatic heterocycles. The van der Waals surface area contributed by atoms with Crippen LogP contribution in [0.15, 0.2) is 40.8 Å². The summed E-state index contributed by atoms with van der Waals surface area (Å²) in [5, 5.41) is 8.73. The lowest BCUT2D eigenvalue weighted by Gasteiger charge is -2.14. The maximum Gasteiger partial charge on any atom is 0.213 e. The van der Waals surface area contributed by atoms with Crippen molar-refractivity contribution in [3.63, 3.8) is 0 Å². The molecule has 136 valence electrons. The van der Waals surface area contributed by atoms with Crippen molar-refractivity contribution in [2.24, 2.45) is 4.99 Å². The van der Waals surface area contributed by atoms with Gasteiger partial charge in [-0.3, -0.25) is 4.99 Å². The predicted molar refractivity (Wildman–Crippen MR) is 114 cm³/mol. The highest BCUT2D eigenvalue weighted by Gasteiger charge is 2.17. The topological polar surface area (TPSA) is 58.5 Å². The molecular weight excluding hydrogens is 447 g/mol. The van der Waals surface area contributed by atoms with E-state index in [1.807, 2.05) is 18.3 Å². The number of hydrogen-bond acceptors (Lipinski definition) is 4. The monoisotopic (exact) mass is 472 g/mol. The molecule has 2 heterocycles. The summed E-state index contributed by atoms with van der Waals surface area (Å²) in [4.78, 5) is 9.87. The Bertz CT molecular complexity index is 657. The van der Waals surface area contributed by atoms with Crippen LogP contribution < -0.4 is 15.4 Å². The fourth-order valence-corrected chi connectivity index (χ4v) is 3.44. The van der Waals surface area contributed by atoms with Crippen LogP contribution in [0.5, 0.6) is 5.88 Å². The Morgan fingerprint density at radius 1 is 1.28 bits per heavy atom. The number of halogens is 1. The molecule has 0 bridgehead atoms. The summed E-state index contributed by atoms with van der Waals surface area (Å²) in [7, 11) is 1.78. The van der Waals surface area contributed by atoms with Crippen LogP contribution in [0.4, 0.5) is 0 Å². The third-order valence-electron chi connectivity index (χ3n) is 4.08. The first-order valence-electron chi connectivity index (χ1n) is 8.42. The van der Waals surface area contributed by atoms with Crippen molar-refractivity contribution in [1.82, 2.24) is 15.6 Å². The molecule has 1 fully saturated rings. The lowest BCUT2D eigenvalue weighted by Crippen LogP contribution is -2.36. The van der Waals surface area contributed by atoms with Gasteiger partial charge in [-0.2, -0.15) is 0 Å². The van der Waals surface area contributed by atoms with Crippen molar-refractivity contribution in [2.75, 3.05) is 7.05 Å². The van der Waals surface area contributed by atoms with Gasteiger partial charge in [0.1, 0.15) is 6.10 Å². The van der Waals surface area contributed by atoms with E-state index in [0.717, 1.165) is 36.8 Å². The zero-order chi connectivity index (χ0) is 16.6. The molecule has 25 heavy (non-hydrogen) atoms. The molecular formula is C18H25IN4OS. The van der Waals surface area contributed by atoms with Crippen LogP contribution in [0.25, 0.3) is 0 Å². The van der Waals surface area contributed by atoms with Crippen LogP contribution in [0.3, 0.4) is 0 Å². The van der Waals surface area contributed by atoms with E-state index in [4.69, 9.17) is 4.74 Å². The maximum absolute atomic E-state index is 5.96. The molecule has 1 aliphatic rings. The average molecular weight is 472 g/mol. The lowest BCUT2D eigenvalue weighted by molar-refractivity contribution is 0.201. The van der Waals surface area contributed by atoms with Gasteiger partial charge in [0.05, 0.1) is 6.54 Å². The summed E-state index contributed by atoms with van der Waals surface area (Å²) in [5.74, 6) is 1.52. The van der Waals surface area contributed by atoms with E-state index in [0.29, 0.717) is 12.6 Å². The zero-order valence-electron chi connectivity index (χ0n) is 14.4. The summed E-state index contributed by atoms with van der Waals surface area (Å²) in [6, 6.07) is 8.18. The third-order valence-corrected chi connectivity index (χ3v) is 4.96. The smallest absolute Gasteiger partial charge is 0.213 e. The molecule has 0 radical (unpaired) electrons. The van der Waals surface area contributed by atoms with E-state index in [9.17, 15) is 0 Å². The normalized spacial score (nSPS) is 14.8. The summed E-state index contributed by atoms with van der Waals surface area (Å²) >= 11 is 1.74. The second-order valence-electron chi connectivity index (χ2n) is 5.89. The number of aliphatic imine (C=N–C) groups is 1. The number of aromatic nitrogens is 1. The molecule has 2 N–H and O–H groups in total. The second-order valence-corrected chi connectivity index (χ2v) is 6.92. The molecule has 5 nitrogen and oxygen atoms in total. The van der Waals surface area contributed by atoms with Crippen molar-refractivity contribution in [1.29, 1.82) is 0 Å². The van der Waals surface area contributed by atoms with Crippen molar-refractivity contribution < 1.29 is 4.74 Å². The Labute approximate surface area is 170 Å². The highest BCUT2D eigenvalue weighted by Crippen LogP contribution is 2.23. The molecule has 0 amide bonds. The Balaban J connectivity index is 0.00000225. The highest BCUT2D eigenvalue weighted by atomic mass is 127. The minimum absolute atomic E-state index is 0. The SMILES string of the molecule is CN=C(NCc1ccnc(OC2CCCC2)c1)NCc1cccs1.I. The largest absolute Gasteiger partial charge is 0.474 e. The lowest BCUT2D eigenvalue weighted by atomic mass is 10.2. The standard InChI is InChI=1S/C18H24N4OS.HI/c1-19-18(22-13-16-7-4-10-24-16)21-12-14-8-9-20-17(11-14)23-15-5-2-3-6-15;/h4,7-11,15H,2-3,5-6,12-13H2,1H3,(H2,19,21,22);1H. The molecule has 0 spiro atoms. The fourth-order valence-electron chi connectivity index (χ4n) is 2.79. The van der Waals surface area contributed by atoms with Gasteiger partial charge in [-0.15, -0.1) is 35.3 Å². The van der Waals surface area contributed by atoms with Crippen LogP contribution in [-0.4, -0.2) is 24.1 Å². The molecule has 7 heteroatoms. The van der Waals surface area contributed by atoms with Gasteiger partial charge in [0.2, 0.25) is 5.88 Å². The Hall–Kier alpha value is -1.35. The first-order chi connectivity index (χ1) is 11.8. The number of guanidine groups is 1. The van der Waals surface area contributed by atoms with Gasteiger partial charge >= 0.3 is 0 Å². The maximum atomic E-state index is 5.96. The summed E-state index contributed by atoms with van der Waals surface area (Å²) in [5.41, 5.74) is 1.14. The molecule has 2 aromatic rings. The number of nitrogens with one attached hydrogen (secondary N) is 2. The second kappa shape index (κ2) is 10.6. The van der Waals surface area contributed by atoms with Crippen LogP contribution in [0.2, 0.25) is 0 Å². The predicted octanol–water partition coefficient (Wildman–Crippen LogP) is 3.95. The minimum Gasteiger partial charge on any atom is -0.474 e. The molecule has 0 atom stereocenters. The number of nitrogens with zero attached hydrogens (tertiary/aromatic N) is 2. The average Bonchev–Trinajstić information content (AvgIpc) is 3.29. The number of ether oxygens (including phenoxy) is 1. The van der Waals surface area contributed by atoms with Crippen molar-refractivity contribution in [2.45, 2.75) is 44.9 Å². The Kier molecular flexibility index (Phi) is 8.47. The molecule has 3 rings (SSSR count). The van der Waals surface area contributed by atoms with Crippen molar-refractivity contribution >= 4 is 41.3 Å². The van der Waals surface area contributed by atoms with Gasteiger partial charge in [0.25, 0.3) is 0 Å². The van der Waals surface area contributed by atoms with E-state index < -0.39 is 0 Å². The van der Waals surface area contributed by atoms with Crippen LogP contribution in [0, 0.1) is 0 Å². The van der Waals surface area contributed by atoms with Gasteiger partial charge in [0.15, 0.2) is 5.96 Å². The van der Waals surface area contributed by atoms with Gasteiger partial charge in [-0.25, -0.2) is 4.98 Å².